The van der Waals surface area contributed by atoms with Gasteiger partial charge in [0.15, 0.2) is 0 Å². The molecule has 0 saturated carbocycles. The Balaban J connectivity index is 0.00000169. The largest absolute Gasteiger partial charge is 0.439 e. The number of morpholine rings is 1. The van der Waals surface area contributed by atoms with Crippen molar-refractivity contribution in [3.05, 3.63) is 54.2 Å². The van der Waals surface area contributed by atoms with Crippen LogP contribution in [0.25, 0.3) is 0 Å². The maximum absolute atomic E-state index is 12.2. The number of rotatable bonds is 5. The highest BCUT2D eigenvalue weighted by molar-refractivity contribution is 5.85. The minimum absolute atomic E-state index is 0. The van der Waals surface area contributed by atoms with Crippen LogP contribution in [0.4, 0.5) is 0 Å². The highest BCUT2D eigenvalue weighted by Crippen LogP contribution is 2.18. The third-order valence-corrected chi connectivity index (χ3v) is 3.83. The Morgan fingerprint density at radius 3 is 2.69 bits per heavy atom. The van der Waals surface area contributed by atoms with Crippen molar-refractivity contribution >= 4 is 30.7 Å². The average Bonchev–Trinajstić information content (AvgIpc) is 2.62. The Hall–Kier alpha value is -1.86. The molecule has 2 atom stereocenters. The normalized spacial score (nSPS) is 18.8. The number of para-hydroxylation sites is 1. The molecule has 2 heterocycles. The van der Waals surface area contributed by atoms with Gasteiger partial charge < -0.3 is 20.1 Å². The van der Waals surface area contributed by atoms with Crippen LogP contribution >= 0.6 is 24.8 Å². The molecule has 1 aliphatic heterocycles. The van der Waals surface area contributed by atoms with Crippen molar-refractivity contribution in [1.29, 1.82) is 0 Å². The van der Waals surface area contributed by atoms with Gasteiger partial charge in [0, 0.05) is 25.4 Å². The van der Waals surface area contributed by atoms with Crippen molar-refractivity contribution in [2.24, 2.45) is 0 Å². The number of pyridine rings is 1. The molecule has 2 N–H and O–H groups in total. The zero-order chi connectivity index (χ0) is 16.8. The summed E-state index contributed by atoms with van der Waals surface area (Å²) in [5.41, 5.74) is 0.910. The molecule has 1 amide bonds. The number of amides is 1. The van der Waals surface area contributed by atoms with Crippen molar-refractivity contribution in [1.82, 2.24) is 15.6 Å². The fourth-order valence-electron chi connectivity index (χ4n) is 2.51. The summed E-state index contributed by atoms with van der Waals surface area (Å²) in [5.74, 6) is 1.20. The number of carbonyl (C=O) groups is 1. The summed E-state index contributed by atoms with van der Waals surface area (Å²) in [6, 6.07) is 12.9. The predicted octanol–water partition coefficient (Wildman–Crippen LogP) is 2.71. The van der Waals surface area contributed by atoms with Gasteiger partial charge in [0.05, 0.1) is 12.7 Å². The second kappa shape index (κ2) is 11.0. The number of benzene rings is 1. The molecule has 0 aliphatic carbocycles. The van der Waals surface area contributed by atoms with Crippen molar-refractivity contribution < 1.29 is 14.3 Å². The van der Waals surface area contributed by atoms with Crippen LogP contribution < -0.4 is 15.4 Å². The standard InChI is InChI=1S/C18H21N3O3.2ClH/c1-13-17(19-9-10-23-13)18(22)21-12-14-7-8-16(20-11-14)24-15-5-3-2-4-6-15;;/h2-8,11,13,17,19H,9-10,12H2,1H3,(H,21,22);2*1H/t13-,17+;;/m1../s1. The number of ether oxygens (including phenoxy) is 2. The number of halogens is 2. The first-order chi connectivity index (χ1) is 11.7. The van der Waals surface area contributed by atoms with E-state index in [2.05, 4.69) is 15.6 Å². The SMILES string of the molecule is C[C@H]1OCCN[C@@H]1C(=O)NCc1ccc(Oc2ccccc2)nc1.Cl.Cl. The molecule has 3 rings (SSSR count). The van der Waals surface area contributed by atoms with E-state index in [1.807, 2.05) is 43.3 Å². The van der Waals surface area contributed by atoms with Crippen LogP contribution in [0, 0.1) is 0 Å². The van der Waals surface area contributed by atoms with Gasteiger partial charge in [-0.2, -0.15) is 0 Å². The summed E-state index contributed by atoms with van der Waals surface area (Å²) < 4.78 is 11.1. The first-order valence-electron chi connectivity index (χ1n) is 8.03. The van der Waals surface area contributed by atoms with Gasteiger partial charge in [-0.15, -0.1) is 24.8 Å². The van der Waals surface area contributed by atoms with Gasteiger partial charge in [-0.05, 0) is 24.6 Å². The average molecular weight is 400 g/mol. The summed E-state index contributed by atoms with van der Waals surface area (Å²) in [7, 11) is 0. The van der Waals surface area contributed by atoms with E-state index < -0.39 is 0 Å². The summed E-state index contributed by atoms with van der Waals surface area (Å²) in [6.07, 6.45) is 1.57. The Kier molecular flexibility index (Phi) is 9.37. The molecule has 6 nitrogen and oxygen atoms in total. The lowest BCUT2D eigenvalue weighted by atomic mass is 10.1. The topological polar surface area (TPSA) is 72.5 Å². The second-order valence-electron chi connectivity index (χ2n) is 5.65. The molecule has 142 valence electrons. The maximum atomic E-state index is 12.2. The third kappa shape index (κ3) is 6.14. The number of hydrogen-bond donors (Lipinski definition) is 2. The number of nitrogens with one attached hydrogen (secondary N) is 2. The molecule has 2 aromatic rings. The number of nitrogens with zero attached hydrogens (tertiary/aromatic N) is 1. The molecule has 0 radical (unpaired) electrons. The zero-order valence-electron chi connectivity index (χ0n) is 14.4. The van der Waals surface area contributed by atoms with E-state index in [1.54, 1.807) is 12.3 Å². The van der Waals surface area contributed by atoms with E-state index in [4.69, 9.17) is 9.47 Å². The van der Waals surface area contributed by atoms with Gasteiger partial charge in [0.2, 0.25) is 11.8 Å². The first-order valence-corrected chi connectivity index (χ1v) is 8.03. The molecule has 0 unspecified atom stereocenters. The van der Waals surface area contributed by atoms with Crippen molar-refractivity contribution in [3.63, 3.8) is 0 Å². The summed E-state index contributed by atoms with van der Waals surface area (Å²) in [4.78, 5) is 16.5. The highest BCUT2D eigenvalue weighted by atomic mass is 35.5. The van der Waals surface area contributed by atoms with Crippen LogP contribution in [0.15, 0.2) is 48.7 Å². The van der Waals surface area contributed by atoms with Gasteiger partial charge in [0.25, 0.3) is 0 Å². The molecule has 1 aromatic carbocycles. The monoisotopic (exact) mass is 399 g/mol. The Morgan fingerprint density at radius 2 is 2.04 bits per heavy atom. The van der Waals surface area contributed by atoms with Crippen LogP contribution in [0.3, 0.4) is 0 Å². The van der Waals surface area contributed by atoms with Crippen molar-refractivity contribution in [2.75, 3.05) is 13.2 Å². The Morgan fingerprint density at radius 1 is 1.27 bits per heavy atom. The van der Waals surface area contributed by atoms with Gasteiger partial charge in [-0.3, -0.25) is 4.79 Å². The molecular formula is C18H23Cl2N3O3. The summed E-state index contributed by atoms with van der Waals surface area (Å²) in [5, 5.41) is 6.07. The highest BCUT2D eigenvalue weighted by Gasteiger charge is 2.27. The molecular weight excluding hydrogens is 377 g/mol. The van der Waals surface area contributed by atoms with Crippen LogP contribution in [0.5, 0.6) is 11.6 Å². The van der Waals surface area contributed by atoms with E-state index in [1.165, 1.54) is 0 Å². The molecule has 8 heteroatoms. The number of carbonyl (C=O) groups excluding carboxylic acids is 1. The van der Waals surface area contributed by atoms with Crippen molar-refractivity contribution in [3.8, 4) is 11.6 Å². The summed E-state index contributed by atoms with van der Waals surface area (Å²) in [6.45, 7) is 3.64. The molecule has 0 spiro atoms. The smallest absolute Gasteiger partial charge is 0.240 e. The van der Waals surface area contributed by atoms with E-state index in [9.17, 15) is 4.79 Å². The van der Waals surface area contributed by atoms with Crippen LogP contribution in [0.1, 0.15) is 12.5 Å². The molecule has 26 heavy (non-hydrogen) atoms. The molecule has 1 fully saturated rings. The fraction of sp³-hybridized carbons (Fsp3) is 0.333. The minimum Gasteiger partial charge on any atom is -0.439 e. The van der Waals surface area contributed by atoms with Crippen LogP contribution in [0.2, 0.25) is 0 Å². The van der Waals surface area contributed by atoms with Crippen molar-refractivity contribution in [2.45, 2.75) is 25.6 Å². The number of hydrogen-bond acceptors (Lipinski definition) is 5. The predicted molar refractivity (Wildman–Crippen MR) is 104 cm³/mol. The van der Waals surface area contributed by atoms with Crippen LogP contribution in [-0.4, -0.2) is 36.2 Å². The maximum Gasteiger partial charge on any atom is 0.240 e. The van der Waals surface area contributed by atoms with Gasteiger partial charge in [0.1, 0.15) is 11.8 Å². The molecule has 1 aromatic heterocycles. The third-order valence-electron chi connectivity index (χ3n) is 3.83. The zero-order valence-corrected chi connectivity index (χ0v) is 16.0. The van der Waals surface area contributed by atoms with Gasteiger partial charge in [-0.25, -0.2) is 4.98 Å². The first kappa shape index (κ1) is 22.2. The van der Waals surface area contributed by atoms with E-state index >= 15 is 0 Å². The van der Waals surface area contributed by atoms with E-state index in [-0.39, 0.29) is 42.9 Å². The fourth-order valence-corrected chi connectivity index (χ4v) is 2.51. The van der Waals surface area contributed by atoms with Gasteiger partial charge in [-0.1, -0.05) is 24.3 Å². The minimum atomic E-state index is -0.313. The quantitative estimate of drug-likeness (QED) is 0.808. The summed E-state index contributed by atoms with van der Waals surface area (Å²) >= 11 is 0. The van der Waals surface area contributed by atoms with Gasteiger partial charge >= 0.3 is 0 Å². The molecule has 1 saturated heterocycles. The lowest BCUT2D eigenvalue weighted by Gasteiger charge is -2.29. The molecule has 1 aliphatic rings. The Labute approximate surface area is 165 Å². The number of aromatic nitrogens is 1. The second-order valence-corrected chi connectivity index (χ2v) is 5.65. The van der Waals surface area contributed by atoms with Crippen LogP contribution in [-0.2, 0) is 16.1 Å². The van der Waals surface area contributed by atoms with E-state index in [0.717, 1.165) is 11.3 Å². The van der Waals surface area contributed by atoms with E-state index in [0.29, 0.717) is 25.6 Å². The molecule has 0 bridgehead atoms. The Bertz CT molecular complexity index is 671. The lowest BCUT2D eigenvalue weighted by molar-refractivity contribution is -0.129. The lowest BCUT2D eigenvalue weighted by Crippen LogP contribution is -2.55.